The summed E-state index contributed by atoms with van der Waals surface area (Å²) in [6.45, 7) is 5.54. The highest BCUT2D eigenvalue weighted by Crippen LogP contribution is 2.33. The molecule has 0 fully saturated rings. The van der Waals surface area contributed by atoms with Crippen LogP contribution in [0, 0.1) is 6.92 Å². The van der Waals surface area contributed by atoms with E-state index in [0.717, 1.165) is 18.5 Å². The molecule has 114 valence electrons. The second-order valence-corrected chi connectivity index (χ2v) is 5.40. The predicted octanol–water partition coefficient (Wildman–Crippen LogP) is 3.76. The molecular formula is C14H17Cl2N3O2. The van der Waals surface area contributed by atoms with E-state index in [2.05, 4.69) is 22.4 Å². The molecule has 0 amide bonds. The van der Waals surface area contributed by atoms with Crippen molar-refractivity contribution in [2.45, 2.75) is 33.4 Å². The summed E-state index contributed by atoms with van der Waals surface area (Å²) in [6.07, 6.45) is 1.05. The van der Waals surface area contributed by atoms with Gasteiger partial charge in [0.05, 0.1) is 5.02 Å². The van der Waals surface area contributed by atoms with Gasteiger partial charge in [-0.05, 0) is 25.1 Å². The van der Waals surface area contributed by atoms with Gasteiger partial charge in [0, 0.05) is 24.1 Å². The number of hydrogen-bond acceptors (Lipinski definition) is 5. The Balaban J connectivity index is 2.12. The fourth-order valence-corrected chi connectivity index (χ4v) is 2.43. The van der Waals surface area contributed by atoms with Crippen LogP contribution < -0.4 is 10.1 Å². The molecule has 1 aromatic heterocycles. The van der Waals surface area contributed by atoms with Crippen LogP contribution in [0.5, 0.6) is 5.75 Å². The summed E-state index contributed by atoms with van der Waals surface area (Å²) in [4.78, 5) is 0. The van der Waals surface area contributed by atoms with Gasteiger partial charge in [-0.2, -0.15) is 0 Å². The van der Waals surface area contributed by atoms with Crippen molar-refractivity contribution >= 4 is 23.2 Å². The van der Waals surface area contributed by atoms with Crippen LogP contribution in [0.15, 0.2) is 16.5 Å². The van der Waals surface area contributed by atoms with Crippen molar-refractivity contribution in [1.82, 2.24) is 15.5 Å². The minimum atomic E-state index is 0.170. The number of halogens is 2. The number of ether oxygens (including phenoxy) is 1. The normalized spacial score (nSPS) is 10.9. The van der Waals surface area contributed by atoms with E-state index in [9.17, 15) is 0 Å². The Morgan fingerprint density at radius 2 is 2.10 bits per heavy atom. The number of nitrogens with one attached hydrogen (secondary N) is 1. The Bertz CT molecular complexity index is 602. The second kappa shape index (κ2) is 7.64. The SMILES string of the molecule is CCCNCc1cc(Cl)cc(Cl)c1OCc1nnc(C)o1. The van der Waals surface area contributed by atoms with Crippen molar-refractivity contribution < 1.29 is 9.15 Å². The van der Waals surface area contributed by atoms with Crippen LogP contribution in [0.25, 0.3) is 0 Å². The third-order valence-corrected chi connectivity index (χ3v) is 3.23. The lowest BCUT2D eigenvalue weighted by atomic mass is 10.2. The van der Waals surface area contributed by atoms with Crippen molar-refractivity contribution in [3.05, 3.63) is 39.5 Å². The van der Waals surface area contributed by atoms with E-state index < -0.39 is 0 Å². The van der Waals surface area contributed by atoms with Gasteiger partial charge in [0.15, 0.2) is 6.61 Å². The maximum atomic E-state index is 6.22. The van der Waals surface area contributed by atoms with Crippen molar-refractivity contribution in [3.8, 4) is 5.75 Å². The highest BCUT2D eigenvalue weighted by molar-refractivity contribution is 6.35. The molecule has 7 heteroatoms. The number of aromatic nitrogens is 2. The maximum Gasteiger partial charge on any atom is 0.253 e. The number of hydrogen-bond donors (Lipinski definition) is 1. The lowest BCUT2D eigenvalue weighted by Crippen LogP contribution is -2.15. The number of rotatable bonds is 7. The fraction of sp³-hybridized carbons (Fsp3) is 0.429. The first kappa shape index (κ1) is 16.1. The fourth-order valence-electron chi connectivity index (χ4n) is 1.84. The Morgan fingerprint density at radius 1 is 1.29 bits per heavy atom. The largest absolute Gasteiger partial charge is 0.482 e. The van der Waals surface area contributed by atoms with Crippen LogP contribution in [0.1, 0.15) is 30.7 Å². The Hall–Kier alpha value is -1.30. The first-order valence-corrected chi connectivity index (χ1v) is 7.46. The molecule has 0 saturated carbocycles. The topological polar surface area (TPSA) is 60.2 Å². The molecule has 0 radical (unpaired) electrons. The second-order valence-electron chi connectivity index (χ2n) is 4.56. The van der Waals surface area contributed by atoms with Gasteiger partial charge in [-0.1, -0.05) is 30.1 Å². The molecule has 1 aromatic carbocycles. The van der Waals surface area contributed by atoms with E-state index in [0.29, 0.717) is 34.1 Å². The molecule has 21 heavy (non-hydrogen) atoms. The van der Waals surface area contributed by atoms with E-state index in [1.807, 2.05) is 6.07 Å². The standard InChI is InChI=1S/C14H17Cl2N3O2/c1-3-4-17-7-10-5-11(15)6-12(16)14(10)20-8-13-19-18-9(2)21-13/h5-6,17H,3-4,7-8H2,1-2H3. The van der Waals surface area contributed by atoms with Crippen molar-refractivity contribution in [2.75, 3.05) is 6.54 Å². The highest BCUT2D eigenvalue weighted by Gasteiger charge is 2.12. The van der Waals surface area contributed by atoms with Crippen LogP contribution in [0.3, 0.4) is 0 Å². The molecule has 0 spiro atoms. The molecule has 0 aliphatic rings. The monoisotopic (exact) mass is 329 g/mol. The van der Waals surface area contributed by atoms with Crippen LogP contribution in [0.2, 0.25) is 10.0 Å². The van der Waals surface area contributed by atoms with Crippen LogP contribution in [0.4, 0.5) is 0 Å². The molecule has 0 atom stereocenters. The van der Waals surface area contributed by atoms with E-state index in [1.165, 1.54) is 0 Å². The smallest absolute Gasteiger partial charge is 0.253 e. The van der Waals surface area contributed by atoms with Gasteiger partial charge in [0.25, 0.3) is 5.89 Å². The van der Waals surface area contributed by atoms with Crippen molar-refractivity contribution in [1.29, 1.82) is 0 Å². The zero-order valence-corrected chi connectivity index (χ0v) is 13.5. The average Bonchev–Trinajstić information content (AvgIpc) is 2.83. The van der Waals surface area contributed by atoms with Crippen molar-refractivity contribution in [3.63, 3.8) is 0 Å². The van der Waals surface area contributed by atoms with Crippen LogP contribution in [-0.2, 0) is 13.2 Å². The number of benzene rings is 1. The summed E-state index contributed by atoms with van der Waals surface area (Å²) in [5.74, 6) is 1.49. The average molecular weight is 330 g/mol. The minimum Gasteiger partial charge on any atom is -0.482 e. The summed E-state index contributed by atoms with van der Waals surface area (Å²) in [6, 6.07) is 3.49. The van der Waals surface area contributed by atoms with Crippen LogP contribution in [-0.4, -0.2) is 16.7 Å². The summed E-state index contributed by atoms with van der Waals surface area (Å²) >= 11 is 12.3. The van der Waals surface area contributed by atoms with Gasteiger partial charge in [-0.25, -0.2) is 0 Å². The Kier molecular flexibility index (Phi) is 5.85. The first-order chi connectivity index (χ1) is 10.1. The number of aryl methyl sites for hydroxylation is 1. The maximum absolute atomic E-state index is 6.22. The van der Waals surface area contributed by atoms with Crippen LogP contribution >= 0.6 is 23.2 Å². The molecule has 2 rings (SSSR count). The van der Waals surface area contributed by atoms with Gasteiger partial charge >= 0.3 is 0 Å². The predicted molar refractivity (Wildman–Crippen MR) is 81.8 cm³/mol. The molecule has 0 saturated heterocycles. The molecule has 0 bridgehead atoms. The van der Waals surface area contributed by atoms with Gasteiger partial charge in [-0.15, -0.1) is 10.2 Å². The molecule has 1 N–H and O–H groups in total. The molecule has 1 heterocycles. The molecule has 0 aliphatic heterocycles. The summed E-state index contributed by atoms with van der Waals surface area (Å²) in [5.41, 5.74) is 0.900. The summed E-state index contributed by atoms with van der Waals surface area (Å²) in [5, 5.41) is 12.0. The zero-order valence-electron chi connectivity index (χ0n) is 11.9. The lowest BCUT2D eigenvalue weighted by molar-refractivity contribution is 0.258. The molecule has 2 aromatic rings. The number of nitrogens with zero attached hydrogens (tertiary/aromatic N) is 2. The molecular weight excluding hydrogens is 313 g/mol. The quantitative estimate of drug-likeness (QED) is 0.783. The molecule has 0 aliphatic carbocycles. The van der Waals surface area contributed by atoms with E-state index >= 15 is 0 Å². The molecule has 0 unspecified atom stereocenters. The van der Waals surface area contributed by atoms with Gasteiger partial charge in [0.2, 0.25) is 5.89 Å². The Labute approximate surface area is 133 Å². The third kappa shape index (κ3) is 4.59. The van der Waals surface area contributed by atoms with Crippen molar-refractivity contribution in [2.24, 2.45) is 0 Å². The minimum absolute atomic E-state index is 0.170. The van der Waals surface area contributed by atoms with Gasteiger partial charge in [0.1, 0.15) is 5.75 Å². The van der Waals surface area contributed by atoms with E-state index in [-0.39, 0.29) is 6.61 Å². The first-order valence-electron chi connectivity index (χ1n) is 6.70. The zero-order chi connectivity index (χ0) is 15.2. The van der Waals surface area contributed by atoms with Gasteiger partial charge < -0.3 is 14.5 Å². The summed E-state index contributed by atoms with van der Waals surface area (Å²) in [7, 11) is 0. The van der Waals surface area contributed by atoms with Gasteiger partial charge in [-0.3, -0.25) is 0 Å². The van der Waals surface area contributed by atoms with E-state index in [4.69, 9.17) is 32.4 Å². The molecule has 5 nitrogen and oxygen atoms in total. The summed E-state index contributed by atoms with van der Waals surface area (Å²) < 4.78 is 11.0. The highest BCUT2D eigenvalue weighted by atomic mass is 35.5. The Morgan fingerprint density at radius 3 is 2.76 bits per heavy atom. The van der Waals surface area contributed by atoms with E-state index in [1.54, 1.807) is 13.0 Å². The third-order valence-electron chi connectivity index (χ3n) is 2.74. The lowest BCUT2D eigenvalue weighted by Gasteiger charge is -2.13.